The lowest BCUT2D eigenvalue weighted by Crippen LogP contribution is -1.97. The molecular weight excluding hydrogens is 255 g/mol. The first-order chi connectivity index (χ1) is 7.17. The van der Waals surface area contributed by atoms with Gasteiger partial charge in [-0.15, -0.1) is 0 Å². The molecule has 0 N–H and O–H groups in total. The third-order valence-electron chi connectivity index (χ3n) is 2.46. The van der Waals surface area contributed by atoms with Crippen molar-refractivity contribution < 1.29 is 4.39 Å². The Morgan fingerprint density at radius 1 is 1.40 bits per heavy atom. The van der Waals surface area contributed by atoms with Crippen molar-refractivity contribution in [3.05, 3.63) is 40.7 Å². The topological polar surface area (TPSA) is 0 Å². The molecule has 15 heavy (non-hydrogen) atoms. The van der Waals surface area contributed by atoms with Gasteiger partial charge in [-0.25, -0.2) is 0 Å². The van der Waals surface area contributed by atoms with Crippen LogP contribution in [0.15, 0.2) is 22.7 Å². The van der Waals surface area contributed by atoms with Crippen LogP contribution in [0.25, 0.3) is 0 Å². The molecule has 0 aliphatic carbocycles. The molecule has 1 atom stereocenters. The summed E-state index contributed by atoms with van der Waals surface area (Å²) in [4.78, 5) is 0. The Morgan fingerprint density at radius 3 is 2.73 bits per heavy atom. The molecule has 0 aromatic heterocycles. The smallest absolute Gasteiger partial charge is 0.0962 e. The molecule has 0 spiro atoms. The number of rotatable bonds is 5. The fourth-order valence-corrected chi connectivity index (χ4v) is 2.08. The predicted octanol–water partition coefficient (Wildman–Crippen LogP) is 4.68. The summed E-state index contributed by atoms with van der Waals surface area (Å²) < 4.78 is 13.5. The first kappa shape index (κ1) is 12.7. The highest BCUT2D eigenvalue weighted by Crippen LogP contribution is 2.23. The number of hydrogen-bond donors (Lipinski definition) is 0. The lowest BCUT2D eigenvalue weighted by Gasteiger charge is -2.10. The van der Waals surface area contributed by atoms with E-state index < -0.39 is 6.67 Å². The summed E-state index contributed by atoms with van der Waals surface area (Å²) in [5.41, 5.74) is 2.25. The molecule has 0 saturated heterocycles. The number of hydrogen-bond acceptors (Lipinski definition) is 0. The Balaban J connectivity index is 2.84. The molecule has 0 heterocycles. The molecule has 0 fully saturated rings. The second-order valence-electron chi connectivity index (χ2n) is 3.85. The normalized spacial score (nSPS) is 12.8. The van der Waals surface area contributed by atoms with E-state index in [1.807, 2.05) is 6.07 Å². The van der Waals surface area contributed by atoms with Gasteiger partial charge >= 0.3 is 0 Å². The van der Waals surface area contributed by atoms with E-state index in [4.69, 9.17) is 0 Å². The predicted molar refractivity (Wildman–Crippen MR) is 66.8 cm³/mol. The highest BCUT2D eigenvalue weighted by Gasteiger charge is 2.07. The second kappa shape index (κ2) is 6.26. The van der Waals surface area contributed by atoms with Crippen molar-refractivity contribution in [2.24, 2.45) is 0 Å². The van der Waals surface area contributed by atoms with Crippen LogP contribution < -0.4 is 0 Å². The van der Waals surface area contributed by atoms with Gasteiger partial charge in [0.1, 0.15) is 0 Å². The first-order valence-corrected chi connectivity index (χ1v) is 6.15. The van der Waals surface area contributed by atoms with E-state index in [2.05, 4.69) is 41.9 Å². The molecule has 0 nitrogen and oxygen atoms in total. The Bertz CT molecular complexity index is 309. The number of halogens is 2. The summed E-state index contributed by atoms with van der Waals surface area (Å²) in [7, 11) is 0. The van der Waals surface area contributed by atoms with Crippen molar-refractivity contribution >= 4 is 15.9 Å². The molecule has 1 rings (SSSR count). The highest BCUT2D eigenvalue weighted by molar-refractivity contribution is 9.10. The van der Waals surface area contributed by atoms with E-state index in [0.717, 1.165) is 16.5 Å². The maximum Gasteiger partial charge on any atom is 0.0962 e. The maximum absolute atomic E-state index is 12.5. The van der Waals surface area contributed by atoms with Gasteiger partial charge in [-0.2, -0.15) is 0 Å². The Labute approximate surface area is 100 Å². The minimum absolute atomic E-state index is 0.247. The average Bonchev–Trinajstić information content (AvgIpc) is 2.24. The SMILES string of the molecule is [CH2]C(CF)c1cc(Br)cc(CCCC)c1. The first-order valence-electron chi connectivity index (χ1n) is 5.35. The van der Waals surface area contributed by atoms with Crippen molar-refractivity contribution in [2.75, 3.05) is 6.67 Å². The van der Waals surface area contributed by atoms with E-state index in [0.29, 0.717) is 0 Å². The van der Waals surface area contributed by atoms with Crippen LogP contribution in [0.2, 0.25) is 0 Å². The van der Waals surface area contributed by atoms with Crippen molar-refractivity contribution in [3.63, 3.8) is 0 Å². The van der Waals surface area contributed by atoms with Crippen molar-refractivity contribution in [3.8, 4) is 0 Å². The van der Waals surface area contributed by atoms with Gasteiger partial charge in [-0.3, -0.25) is 4.39 Å². The molecule has 1 radical (unpaired) electrons. The molecule has 1 aromatic rings. The fourth-order valence-electron chi connectivity index (χ4n) is 1.53. The zero-order valence-electron chi connectivity index (χ0n) is 9.10. The summed E-state index contributed by atoms with van der Waals surface area (Å²) >= 11 is 3.45. The fraction of sp³-hybridized carbons (Fsp3) is 0.462. The van der Waals surface area contributed by atoms with E-state index >= 15 is 0 Å². The van der Waals surface area contributed by atoms with E-state index in [9.17, 15) is 4.39 Å². The lowest BCUT2D eigenvalue weighted by molar-refractivity contribution is 0.465. The Morgan fingerprint density at radius 2 is 2.13 bits per heavy atom. The molecule has 0 bridgehead atoms. The molecule has 0 saturated carbocycles. The van der Waals surface area contributed by atoms with Crippen molar-refractivity contribution in [2.45, 2.75) is 32.1 Å². The molecule has 1 unspecified atom stereocenters. The van der Waals surface area contributed by atoms with Crippen LogP contribution in [0.1, 0.15) is 36.8 Å². The van der Waals surface area contributed by atoms with Crippen LogP contribution in [0.5, 0.6) is 0 Å². The molecule has 0 amide bonds. The number of alkyl halides is 1. The summed E-state index contributed by atoms with van der Waals surface area (Å²) in [6.45, 7) is 5.57. The van der Waals surface area contributed by atoms with Gasteiger partial charge in [-0.05, 0) is 43.0 Å². The minimum Gasteiger partial charge on any atom is -0.250 e. The van der Waals surface area contributed by atoms with Gasteiger partial charge in [0, 0.05) is 10.4 Å². The highest BCUT2D eigenvalue weighted by atomic mass is 79.9. The van der Waals surface area contributed by atoms with Gasteiger partial charge < -0.3 is 0 Å². The maximum atomic E-state index is 12.5. The molecular formula is C13H17BrF. The summed E-state index contributed by atoms with van der Waals surface area (Å²) in [6.07, 6.45) is 3.41. The van der Waals surface area contributed by atoms with Gasteiger partial charge in [-0.1, -0.05) is 35.3 Å². The van der Waals surface area contributed by atoms with Gasteiger partial charge in [0.25, 0.3) is 0 Å². The molecule has 1 aromatic carbocycles. The Kier molecular flexibility index (Phi) is 5.30. The van der Waals surface area contributed by atoms with Gasteiger partial charge in [0.2, 0.25) is 0 Å². The van der Waals surface area contributed by atoms with E-state index in [-0.39, 0.29) is 5.92 Å². The summed E-state index contributed by atoms with van der Waals surface area (Å²) in [5.74, 6) is -0.247. The summed E-state index contributed by atoms with van der Waals surface area (Å²) in [6, 6.07) is 6.12. The number of aryl methyl sites for hydroxylation is 1. The van der Waals surface area contributed by atoms with Crippen LogP contribution in [0.3, 0.4) is 0 Å². The molecule has 2 heteroatoms. The van der Waals surface area contributed by atoms with Crippen LogP contribution in [0.4, 0.5) is 4.39 Å². The van der Waals surface area contributed by atoms with Gasteiger partial charge in [0.05, 0.1) is 6.67 Å². The monoisotopic (exact) mass is 271 g/mol. The second-order valence-corrected chi connectivity index (χ2v) is 4.76. The lowest BCUT2D eigenvalue weighted by atomic mass is 9.98. The third kappa shape index (κ3) is 3.94. The zero-order chi connectivity index (χ0) is 11.3. The van der Waals surface area contributed by atoms with E-state index in [1.165, 1.54) is 18.4 Å². The minimum atomic E-state index is -0.399. The van der Waals surface area contributed by atoms with Crippen LogP contribution >= 0.6 is 15.9 Å². The summed E-state index contributed by atoms with van der Waals surface area (Å²) in [5, 5.41) is 0. The van der Waals surface area contributed by atoms with Crippen LogP contribution in [0, 0.1) is 6.92 Å². The van der Waals surface area contributed by atoms with Crippen LogP contribution in [-0.2, 0) is 6.42 Å². The standard InChI is InChI=1S/C13H17BrF/c1-3-4-5-11-6-12(10(2)9-15)8-13(14)7-11/h6-8,10H,2-5,9H2,1H3. The zero-order valence-corrected chi connectivity index (χ0v) is 10.7. The number of benzene rings is 1. The van der Waals surface area contributed by atoms with Crippen LogP contribution in [-0.4, -0.2) is 6.67 Å². The van der Waals surface area contributed by atoms with Crippen molar-refractivity contribution in [1.82, 2.24) is 0 Å². The Hall–Kier alpha value is -0.370. The van der Waals surface area contributed by atoms with Crippen molar-refractivity contribution in [1.29, 1.82) is 0 Å². The largest absolute Gasteiger partial charge is 0.250 e. The number of unbranched alkanes of at least 4 members (excludes halogenated alkanes) is 1. The molecule has 0 aliphatic rings. The molecule has 0 aliphatic heterocycles. The average molecular weight is 272 g/mol. The van der Waals surface area contributed by atoms with Gasteiger partial charge in [0.15, 0.2) is 0 Å². The third-order valence-corrected chi connectivity index (χ3v) is 2.91. The molecule has 83 valence electrons. The quantitative estimate of drug-likeness (QED) is 0.730. The van der Waals surface area contributed by atoms with E-state index in [1.54, 1.807) is 0 Å².